The summed E-state index contributed by atoms with van der Waals surface area (Å²) in [6.07, 6.45) is 0. The maximum Gasteiger partial charge on any atom is 0.317 e. The monoisotopic (exact) mass is 477 g/mol. The molecule has 2 heterocycles. The summed E-state index contributed by atoms with van der Waals surface area (Å²) in [5.74, 6) is 0. The van der Waals surface area contributed by atoms with Gasteiger partial charge >= 0.3 is 6.03 Å². The Hall–Kier alpha value is -1.13. The van der Waals surface area contributed by atoms with Crippen LogP contribution in [0.5, 0.6) is 0 Å². The largest absolute Gasteiger partial charge is 0.334 e. The number of piperazine rings is 1. The van der Waals surface area contributed by atoms with Gasteiger partial charge in [-0.1, -0.05) is 27.5 Å². The van der Waals surface area contributed by atoms with Gasteiger partial charge < -0.3 is 10.2 Å². The van der Waals surface area contributed by atoms with Crippen molar-refractivity contribution < 1.29 is 13.2 Å². The summed E-state index contributed by atoms with van der Waals surface area (Å²) in [6, 6.07) is 6.46. The van der Waals surface area contributed by atoms with E-state index in [2.05, 4.69) is 21.2 Å². The number of urea groups is 1. The molecule has 1 fully saturated rings. The van der Waals surface area contributed by atoms with E-state index in [0.29, 0.717) is 24.1 Å². The summed E-state index contributed by atoms with van der Waals surface area (Å²) in [6.45, 7) is 1.61. The van der Waals surface area contributed by atoms with E-state index in [1.165, 1.54) is 10.4 Å². The summed E-state index contributed by atoms with van der Waals surface area (Å²) >= 11 is 10.9. The minimum Gasteiger partial charge on any atom is -0.334 e. The van der Waals surface area contributed by atoms with Crippen molar-refractivity contribution in [2.45, 2.75) is 11.4 Å². The predicted octanol–water partition coefficient (Wildman–Crippen LogP) is 3.38. The number of thiophene rings is 1. The third-order valence-electron chi connectivity index (χ3n) is 4.06. The zero-order chi connectivity index (χ0) is 18.7. The van der Waals surface area contributed by atoms with E-state index in [1.54, 1.807) is 28.4 Å². The fraction of sp³-hybridized carbons (Fsp3) is 0.312. The van der Waals surface area contributed by atoms with Gasteiger partial charge in [0.05, 0.1) is 5.02 Å². The van der Waals surface area contributed by atoms with Crippen molar-refractivity contribution in [2.75, 3.05) is 26.2 Å². The number of carbonyl (C=O) groups is 1. The number of nitrogens with zero attached hydrogens (tertiary/aromatic N) is 2. The van der Waals surface area contributed by atoms with E-state index in [9.17, 15) is 13.2 Å². The number of hydrogen-bond donors (Lipinski definition) is 1. The Kier molecular flexibility index (Phi) is 6.24. The molecule has 26 heavy (non-hydrogen) atoms. The van der Waals surface area contributed by atoms with Crippen molar-refractivity contribution in [3.63, 3.8) is 0 Å². The van der Waals surface area contributed by atoms with Crippen LogP contribution >= 0.6 is 38.9 Å². The molecule has 1 aliphatic heterocycles. The molecule has 1 aromatic heterocycles. The number of nitrogens with one attached hydrogen (secondary N) is 1. The summed E-state index contributed by atoms with van der Waals surface area (Å²) in [5, 5.41) is 6.97. The fourth-order valence-electron chi connectivity index (χ4n) is 2.64. The normalized spacial score (nSPS) is 15.8. The van der Waals surface area contributed by atoms with Crippen LogP contribution in [0.2, 0.25) is 5.02 Å². The topological polar surface area (TPSA) is 69.7 Å². The quantitative estimate of drug-likeness (QED) is 0.732. The van der Waals surface area contributed by atoms with Gasteiger partial charge in [-0.15, -0.1) is 0 Å². The molecule has 10 heteroatoms. The van der Waals surface area contributed by atoms with Crippen LogP contribution in [0.1, 0.15) is 5.56 Å². The lowest BCUT2D eigenvalue weighted by atomic mass is 10.3. The van der Waals surface area contributed by atoms with Crippen LogP contribution in [-0.2, 0) is 16.6 Å². The Balaban J connectivity index is 1.59. The van der Waals surface area contributed by atoms with Gasteiger partial charge in [-0.05, 0) is 40.6 Å². The van der Waals surface area contributed by atoms with Crippen molar-refractivity contribution in [3.05, 3.63) is 50.1 Å². The third-order valence-corrected chi connectivity index (χ3v) is 7.67. The number of carbonyl (C=O) groups excluding carboxylic acids is 1. The van der Waals surface area contributed by atoms with Crippen molar-refractivity contribution in [3.8, 4) is 0 Å². The highest BCUT2D eigenvalue weighted by molar-refractivity contribution is 9.10. The molecule has 0 unspecified atom stereocenters. The number of amides is 2. The first-order valence-electron chi connectivity index (χ1n) is 7.87. The van der Waals surface area contributed by atoms with Gasteiger partial charge in [0.2, 0.25) is 10.0 Å². The molecule has 1 aliphatic rings. The second-order valence-corrected chi connectivity index (χ2v) is 9.77. The van der Waals surface area contributed by atoms with Crippen molar-refractivity contribution in [1.82, 2.24) is 14.5 Å². The van der Waals surface area contributed by atoms with Gasteiger partial charge in [0.15, 0.2) is 0 Å². The molecule has 0 spiro atoms. The van der Waals surface area contributed by atoms with E-state index in [0.717, 1.165) is 5.56 Å². The van der Waals surface area contributed by atoms with E-state index < -0.39 is 10.0 Å². The van der Waals surface area contributed by atoms with Gasteiger partial charge in [0, 0.05) is 37.2 Å². The van der Waals surface area contributed by atoms with Crippen LogP contribution < -0.4 is 5.32 Å². The fourth-order valence-corrected chi connectivity index (χ4v) is 5.74. The zero-order valence-corrected chi connectivity index (χ0v) is 17.7. The van der Waals surface area contributed by atoms with Crippen LogP contribution in [0.4, 0.5) is 4.79 Å². The van der Waals surface area contributed by atoms with Crippen molar-refractivity contribution >= 4 is 54.9 Å². The van der Waals surface area contributed by atoms with Gasteiger partial charge in [-0.25, -0.2) is 13.2 Å². The first kappa shape index (κ1) is 19.6. The number of benzene rings is 1. The Labute approximate surface area is 169 Å². The average molecular weight is 479 g/mol. The molecule has 0 atom stereocenters. The Morgan fingerprint density at radius 3 is 2.58 bits per heavy atom. The molecule has 1 saturated heterocycles. The standard InChI is InChI=1S/C16H17BrClN3O3S2/c17-13-1-2-15(14(18)9-13)26(23,24)21-6-4-20(5-7-21)16(22)19-10-12-3-8-25-11-12/h1-3,8-9,11H,4-7,10H2,(H,19,22). The minimum absolute atomic E-state index is 0.0812. The minimum atomic E-state index is -3.68. The molecular formula is C16H17BrClN3O3S2. The Morgan fingerprint density at radius 1 is 1.23 bits per heavy atom. The Bertz CT molecular complexity index is 882. The molecule has 3 rings (SSSR count). The van der Waals surface area contributed by atoms with E-state index in [-0.39, 0.29) is 29.0 Å². The zero-order valence-electron chi connectivity index (χ0n) is 13.7. The molecule has 140 valence electrons. The summed E-state index contributed by atoms with van der Waals surface area (Å²) in [4.78, 5) is 13.9. The van der Waals surface area contributed by atoms with Crippen LogP contribution in [0.15, 0.2) is 44.4 Å². The van der Waals surface area contributed by atoms with Crippen LogP contribution in [0, 0.1) is 0 Å². The number of rotatable bonds is 4. The number of sulfonamides is 1. The third kappa shape index (κ3) is 4.40. The number of hydrogen-bond acceptors (Lipinski definition) is 4. The molecule has 0 radical (unpaired) electrons. The lowest BCUT2D eigenvalue weighted by molar-refractivity contribution is 0.172. The average Bonchev–Trinajstić information content (AvgIpc) is 3.13. The smallest absolute Gasteiger partial charge is 0.317 e. The van der Waals surface area contributed by atoms with Crippen molar-refractivity contribution in [1.29, 1.82) is 0 Å². The summed E-state index contributed by atoms with van der Waals surface area (Å²) < 4.78 is 27.7. The molecule has 0 aliphatic carbocycles. The van der Waals surface area contributed by atoms with Crippen LogP contribution in [0.25, 0.3) is 0 Å². The molecule has 6 nitrogen and oxygen atoms in total. The highest BCUT2D eigenvalue weighted by Crippen LogP contribution is 2.28. The van der Waals surface area contributed by atoms with E-state index >= 15 is 0 Å². The van der Waals surface area contributed by atoms with Gasteiger partial charge in [0.1, 0.15) is 4.90 Å². The highest BCUT2D eigenvalue weighted by atomic mass is 79.9. The number of halogens is 2. The van der Waals surface area contributed by atoms with Crippen LogP contribution in [0.3, 0.4) is 0 Å². The second kappa shape index (κ2) is 8.26. The Morgan fingerprint density at radius 2 is 1.96 bits per heavy atom. The molecule has 1 N–H and O–H groups in total. The van der Waals surface area contributed by atoms with Crippen LogP contribution in [-0.4, -0.2) is 49.8 Å². The lowest BCUT2D eigenvalue weighted by Crippen LogP contribution is -2.52. The SMILES string of the molecule is O=C(NCc1ccsc1)N1CCN(S(=O)(=O)c2ccc(Br)cc2Cl)CC1. The second-order valence-electron chi connectivity index (χ2n) is 5.76. The molecule has 2 aromatic rings. The maximum absolute atomic E-state index is 12.8. The van der Waals surface area contributed by atoms with Gasteiger partial charge in [-0.2, -0.15) is 15.6 Å². The van der Waals surface area contributed by atoms with Crippen molar-refractivity contribution in [2.24, 2.45) is 0 Å². The molecule has 0 bridgehead atoms. The van der Waals surface area contributed by atoms with E-state index in [4.69, 9.17) is 11.6 Å². The molecule has 0 saturated carbocycles. The van der Waals surface area contributed by atoms with Gasteiger partial charge in [0.25, 0.3) is 0 Å². The van der Waals surface area contributed by atoms with E-state index in [1.807, 2.05) is 16.8 Å². The summed E-state index contributed by atoms with van der Waals surface area (Å²) in [7, 11) is -3.68. The molecule has 2 amide bonds. The maximum atomic E-state index is 12.8. The molecular weight excluding hydrogens is 462 g/mol. The molecule has 1 aromatic carbocycles. The van der Waals surface area contributed by atoms with Gasteiger partial charge in [-0.3, -0.25) is 0 Å². The lowest BCUT2D eigenvalue weighted by Gasteiger charge is -2.34. The first-order valence-corrected chi connectivity index (χ1v) is 11.4. The first-order chi connectivity index (χ1) is 12.4. The predicted molar refractivity (Wildman–Crippen MR) is 106 cm³/mol. The highest BCUT2D eigenvalue weighted by Gasteiger charge is 2.31. The summed E-state index contributed by atoms with van der Waals surface area (Å²) in [5.41, 5.74) is 1.05.